The average molecular weight is 280 g/mol. The molecule has 0 spiro atoms. The fraction of sp³-hybridized carbons (Fsp3) is 0.308. The Labute approximate surface area is 103 Å². The van der Waals surface area contributed by atoms with Crippen molar-refractivity contribution < 1.29 is 4.74 Å². The first-order chi connectivity index (χ1) is 7.66. The Morgan fingerprint density at radius 2 is 2.00 bits per heavy atom. The van der Waals surface area contributed by atoms with Crippen LogP contribution in [-0.2, 0) is 4.74 Å². The predicted molar refractivity (Wildman–Crippen MR) is 68.5 cm³/mol. The molecule has 0 saturated carbocycles. The van der Waals surface area contributed by atoms with E-state index < -0.39 is 0 Å². The van der Waals surface area contributed by atoms with Gasteiger partial charge in [-0.15, -0.1) is 0 Å². The summed E-state index contributed by atoms with van der Waals surface area (Å²) < 4.78 is 6.85. The number of aliphatic imine (C=N–C) groups is 1. The van der Waals surface area contributed by atoms with Crippen LogP contribution in [0.25, 0.3) is 0 Å². The number of para-hydroxylation sites is 1. The second-order valence-corrected chi connectivity index (χ2v) is 6.23. The third-order valence-corrected chi connectivity index (χ3v) is 4.32. The molecule has 1 heterocycles. The van der Waals surface area contributed by atoms with Gasteiger partial charge in [-0.2, -0.15) is 0 Å². The van der Waals surface area contributed by atoms with E-state index in [9.17, 15) is 0 Å². The van der Waals surface area contributed by atoms with Crippen LogP contribution in [0.15, 0.2) is 34.2 Å². The van der Waals surface area contributed by atoms with Crippen molar-refractivity contribution in [1.29, 1.82) is 0 Å². The first-order valence-electron chi connectivity index (χ1n) is 5.30. The Morgan fingerprint density at radius 1 is 1.31 bits per heavy atom. The van der Waals surface area contributed by atoms with Gasteiger partial charge >= 0.3 is 102 Å². The second-order valence-electron chi connectivity index (χ2n) is 3.86. The van der Waals surface area contributed by atoms with Gasteiger partial charge in [-0.3, -0.25) is 0 Å². The summed E-state index contributed by atoms with van der Waals surface area (Å²) in [5.41, 5.74) is 3.44. The van der Waals surface area contributed by atoms with Gasteiger partial charge < -0.3 is 0 Å². The van der Waals surface area contributed by atoms with Crippen LogP contribution in [0.5, 0.6) is 0 Å². The maximum atomic E-state index is 5.58. The first kappa shape index (κ1) is 11.4. The number of aryl methyl sites for hydroxylation is 2. The molecular formula is C13H15NOSe. The molecule has 3 heteroatoms. The van der Waals surface area contributed by atoms with Crippen LogP contribution in [0.1, 0.15) is 17.5 Å². The Hall–Kier alpha value is -1.05. The predicted octanol–water partition coefficient (Wildman–Crippen LogP) is 2.93. The molecule has 0 unspecified atom stereocenters. The molecule has 0 bridgehead atoms. The molecule has 84 valence electrons. The number of rotatable bonds is 1. The van der Waals surface area contributed by atoms with E-state index in [4.69, 9.17) is 4.74 Å². The van der Waals surface area contributed by atoms with Gasteiger partial charge in [0.15, 0.2) is 0 Å². The van der Waals surface area contributed by atoms with Gasteiger partial charge in [0.05, 0.1) is 0 Å². The summed E-state index contributed by atoms with van der Waals surface area (Å²) in [6.45, 7) is 8.91. The third-order valence-electron chi connectivity index (χ3n) is 2.48. The van der Waals surface area contributed by atoms with Gasteiger partial charge in [-0.25, -0.2) is 0 Å². The molecule has 1 saturated heterocycles. The van der Waals surface area contributed by atoms with Crippen LogP contribution in [0.3, 0.4) is 0 Å². The number of hydrogen-bond acceptors (Lipinski definition) is 2. The van der Waals surface area contributed by atoms with E-state index in [2.05, 4.69) is 43.6 Å². The van der Waals surface area contributed by atoms with Crippen molar-refractivity contribution in [3.8, 4) is 0 Å². The molecule has 1 aromatic carbocycles. The first-order valence-corrected chi connectivity index (χ1v) is 7.01. The zero-order chi connectivity index (χ0) is 11.5. The van der Waals surface area contributed by atoms with Gasteiger partial charge in [0.25, 0.3) is 0 Å². The summed E-state index contributed by atoms with van der Waals surface area (Å²) in [6.07, 6.45) is 0.978. The van der Waals surface area contributed by atoms with Gasteiger partial charge in [0.2, 0.25) is 0 Å². The van der Waals surface area contributed by atoms with E-state index in [1.165, 1.54) is 15.6 Å². The third kappa shape index (κ3) is 2.55. The summed E-state index contributed by atoms with van der Waals surface area (Å²) in [6, 6.07) is 6.22. The monoisotopic (exact) mass is 281 g/mol. The van der Waals surface area contributed by atoms with Crippen LogP contribution < -0.4 is 0 Å². The van der Waals surface area contributed by atoms with Crippen molar-refractivity contribution in [2.45, 2.75) is 20.3 Å². The van der Waals surface area contributed by atoms with Crippen LogP contribution >= 0.6 is 0 Å². The molecule has 0 radical (unpaired) electrons. The van der Waals surface area contributed by atoms with Crippen molar-refractivity contribution >= 4 is 25.4 Å². The molecule has 1 aromatic rings. The van der Waals surface area contributed by atoms with Crippen molar-refractivity contribution in [2.75, 3.05) is 6.61 Å². The van der Waals surface area contributed by atoms with Crippen molar-refractivity contribution in [2.24, 2.45) is 4.99 Å². The number of benzene rings is 1. The summed E-state index contributed by atoms with van der Waals surface area (Å²) in [5.74, 6) is 0. The minimum atomic E-state index is 0.201. The molecule has 1 aliphatic rings. The fourth-order valence-corrected chi connectivity index (χ4v) is 3.08. The fourth-order valence-electron chi connectivity index (χ4n) is 1.58. The molecule has 1 fully saturated rings. The van der Waals surface area contributed by atoms with Gasteiger partial charge in [-0.05, 0) is 0 Å². The van der Waals surface area contributed by atoms with E-state index >= 15 is 0 Å². The number of ether oxygens (including phenoxy) is 1. The summed E-state index contributed by atoms with van der Waals surface area (Å²) in [5, 5.41) is 0. The molecule has 2 rings (SSSR count). The van der Waals surface area contributed by atoms with Crippen molar-refractivity contribution in [1.82, 2.24) is 0 Å². The molecule has 1 aliphatic heterocycles. The van der Waals surface area contributed by atoms with Crippen molar-refractivity contribution in [3.05, 3.63) is 40.4 Å². The standard InChI is InChI=1S/C13H15NOSe/c1-9-5-4-6-10(2)12(9)14-13-15-8-7-11(3)16-13/h4-6H,3,7-8H2,1-2H3. The summed E-state index contributed by atoms with van der Waals surface area (Å²) in [4.78, 5) is 5.49. The molecule has 0 aliphatic carbocycles. The number of hydrogen-bond donors (Lipinski definition) is 0. The molecule has 0 atom stereocenters. The molecule has 0 amide bonds. The Bertz CT molecular complexity index is 431. The topological polar surface area (TPSA) is 21.6 Å². The SMILES string of the molecule is C=C1CCOC(=Nc2c(C)cccc2C)[Se]1. The quantitative estimate of drug-likeness (QED) is 0.725. The van der Waals surface area contributed by atoms with Crippen LogP contribution in [0, 0.1) is 13.8 Å². The number of nitrogens with zero attached hydrogens (tertiary/aromatic N) is 1. The Balaban J connectivity index is 2.31. The van der Waals surface area contributed by atoms with Crippen LogP contribution in [-0.4, -0.2) is 26.4 Å². The van der Waals surface area contributed by atoms with Crippen LogP contribution in [0.4, 0.5) is 5.69 Å². The van der Waals surface area contributed by atoms with Gasteiger partial charge in [-0.1, -0.05) is 0 Å². The van der Waals surface area contributed by atoms with Gasteiger partial charge in [0, 0.05) is 0 Å². The van der Waals surface area contributed by atoms with E-state index in [0.29, 0.717) is 0 Å². The molecular weight excluding hydrogens is 265 g/mol. The van der Waals surface area contributed by atoms with E-state index in [1.807, 2.05) is 0 Å². The molecule has 2 nitrogen and oxygen atoms in total. The van der Waals surface area contributed by atoms with E-state index in [1.54, 1.807) is 0 Å². The van der Waals surface area contributed by atoms with Crippen molar-refractivity contribution in [3.63, 3.8) is 0 Å². The average Bonchev–Trinajstić information content (AvgIpc) is 2.24. The summed E-state index contributed by atoms with van der Waals surface area (Å²) in [7, 11) is 0. The second kappa shape index (κ2) is 4.86. The summed E-state index contributed by atoms with van der Waals surface area (Å²) >= 11 is 0.201. The van der Waals surface area contributed by atoms with Gasteiger partial charge in [0.1, 0.15) is 0 Å². The molecule has 0 aromatic heterocycles. The normalized spacial score (nSPS) is 18.6. The Kier molecular flexibility index (Phi) is 3.47. The van der Waals surface area contributed by atoms with E-state index in [-0.39, 0.29) is 15.0 Å². The van der Waals surface area contributed by atoms with E-state index in [0.717, 1.165) is 23.5 Å². The molecule has 16 heavy (non-hydrogen) atoms. The van der Waals surface area contributed by atoms with Crippen LogP contribution in [0.2, 0.25) is 0 Å². The molecule has 0 N–H and O–H groups in total. The zero-order valence-corrected chi connectivity index (χ0v) is 11.3. The Morgan fingerprint density at radius 3 is 2.62 bits per heavy atom. The zero-order valence-electron chi connectivity index (χ0n) is 9.62. The maximum absolute atomic E-state index is 5.58. The minimum absolute atomic E-state index is 0.201.